The predicted molar refractivity (Wildman–Crippen MR) is 134 cm³/mol. The number of benzene rings is 1. The summed E-state index contributed by atoms with van der Waals surface area (Å²) in [7, 11) is 3.89. The van der Waals surface area contributed by atoms with Gasteiger partial charge in [-0.15, -0.1) is 24.0 Å². The van der Waals surface area contributed by atoms with Crippen LogP contribution in [0.25, 0.3) is 0 Å². The average molecular weight is 528 g/mol. The average Bonchev–Trinajstić information content (AvgIpc) is 3.20. The van der Waals surface area contributed by atoms with E-state index < -0.39 is 0 Å². The number of rotatable bonds is 12. The van der Waals surface area contributed by atoms with Crippen molar-refractivity contribution in [3.63, 3.8) is 0 Å². The highest BCUT2D eigenvalue weighted by molar-refractivity contribution is 14.0. The van der Waals surface area contributed by atoms with E-state index in [9.17, 15) is 0 Å². The highest BCUT2D eigenvalue weighted by Gasteiger charge is 2.08. The fourth-order valence-electron chi connectivity index (χ4n) is 2.96. The van der Waals surface area contributed by atoms with Crippen LogP contribution in [0, 0.1) is 5.92 Å². The van der Waals surface area contributed by atoms with Crippen LogP contribution < -0.4 is 10.6 Å². The van der Waals surface area contributed by atoms with Crippen molar-refractivity contribution < 1.29 is 9.15 Å². The van der Waals surface area contributed by atoms with Crippen LogP contribution in [0.15, 0.2) is 52.1 Å². The number of nitrogens with zero attached hydrogens (tertiary/aromatic N) is 2. The van der Waals surface area contributed by atoms with E-state index in [1.54, 1.807) is 13.3 Å². The summed E-state index contributed by atoms with van der Waals surface area (Å²) >= 11 is 0. The number of halogens is 1. The summed E-state index contributed by atoms with van der Waals surface area (Å²) in [5.74, 6) is 2.44. The number of furan rings is 1. The summed E-state index contributed by atoms with van der Waals surface area (Å²) in [6.45, 7) is 9.01. The van der Waals surface area contributed by atoms with E-state index in [4.69, 9.17) is 9.15 Å². The lowest BCUT2D eigenvalue weighted by atomic mass is 10.1. The van der Waals surface area contributed by atoms with E-state index in [1.807, 2.05) is 12.1 Å². The first-order valence-electron chi connectivity index (χ1n) is 10.4. The maximum absolute atomic E-state index is 5.65. The first-order valence-corrected chi connectivity index (χ1v) is 10.4. The quantitative estimate of drug-likeness (QED) is 0.187. The number of guanidine groups is 1. The first kappa shape index (κ1) is 26.5. The van der Waals surface area contributed by atoms with Crippen molar-refractivity contribution in [2.45, 2.75) is 39.9 Å². The number of nitrogens with one attached hydrogen (secondary N) is 2. The van der Waals surface area contributed by atoms with Gasteiger partial charge in [-0.25, -0.2) is 0 Å². The zero-order valence-corrected chi connectivity index (χ0v) is 21.0. The molecular weight excluding hydrogens is 491 g/mol. The molecule has 1 aromatic carbocycles. The topological polar surface area (TPSA) is 62.0 Å². The summed E-state index contributed by atoms with van der Waals surface area (Å²) < 4.78 is 11.1. The van der Waals surface area contributed by atoms with Gasteiger partial charge in [0.05, 0.1) is 19.4 Å². The van der Waals surface area contributed by atoms with Gasteiger partial charge in [0.1, 0.15) is 5.76 Å². The van der Waals surface area contributed by atoms with Crippen LogP contribution in [0.1, 0.15) is 37.2 Å². The Morgan fingerprint density at radius 1 is 1.07 bits per heavy atom. The van der Waals surface area contributed by atoms with Crippen LogP contribution in [0.5, 0.6) is 0 Å². The molecule has 0 unspecified atom stereocenters. The molecule has 0 aliphatic heterocycles. The van der Waals surface area contributed by atoms with Gasteiger partial charge in [0, 0.05) is 33.3 Å². The minimum Gasteiger partial charge on any atom is -0.468 e. The molecule has 0 aliphatic rings. The Balaban J connectivity index is 0.00000450. The lowest BCUT2D eigenvalue weighted by Crippen LogP contribution is -2.38. The molecule has 0 spiro atoms. The van der Waals surface area contributed by atoms with Gasteiger partial charge in [0.15, 0.2) is 5.96 Å². The Bertz CT molecular complexity index is 720. The van der Waals surface area contributed by atoms with Crippen molar-refractivity contribution in [1.82, 2.24) is 15.5 Å². The van der Waals surface area contributed by atoms with E-state index in [1.165, 1.54) is 11.1 Å². The normalized spacial score (nSPS) is 11.6. The molecule has 0 saturated carbocycles. The molecule has 0 radical (unpaired) electrons. The summed E-state index contributed by atoms with van der Waals surface area (Å²) in [4.78, 5) is 6.55. The zero-order chi connectivity index (χ0) is 20.9. The summed E-state index contributed by atoms with van der Waals surface area (Å²) in [5.41, 5.74) is 2.55. The molecule has 168 valence electrons. The van der Waals surface area contributed by atoms with Gasteiger partial charge < -0.3 is 19.8 Å². The highest BCUT2D eigenvalue weighted by atomic mass is 127. The van der Waals surface area contributed by atoms with Crippen molar-refractivity contribution in [2.24, 2.45) is 10.9 Å². The van der Waals surface area contributed by atoms with Crippen LogP contribution in [0.3, 0.4) is 0 Å². The van der Waals surface area contributed by atoms with Crippen molar-refractivity contribution in [1.29, 1.82) is 0 Å². The third-order valence-corrected chi connectivity index (χ3v) is 4.61. The molecule has 0 amide bonds. The molecule has 0 aliphatic carbocycles. The Morgan fingerprint density at radius 3 is 2.50 bits per heavy atom. The van der Waals surface area contributed by atoms with E-state index in [0.717, 1.165) is 50.9 Å². The van der Waals surface area contributed by atoms with Crippen LogP contribution in [0.2, 0.25) is 0 Å². The molecule has 6 nitrogen and oxygen atoms in total. The van der Waals surface area contributed by atoms with Crippen molar-refractivity contribution in [2.75, 3.05) is 33.9 Å². The monoisotopic (exact) mass is 528 g/mol. The molecule has 2 aromatic rings. The van der Waals surface area contributed by atoms with Gasteiger partial charge in [0.25, 0.3) is 0 Å². The standard InChI is InChI=1S/C23H36N4O2.HI/c1-19(2)11-14-28-15-12-25-23(24-3)26-16-20-8-5-6-9-21(20)17-27(4)18-22-10-7-13-29-22;/h5-10,13,19H,11-12,14-18H2,1-4H3,(H2,24,25,26);1H. The smallest absolute Gasteiger partial charge is 0.191 e. The Morgan fingerprint density at radius 2 is 1.83 bits per heavy atom. The Hall–Kier alpha value is -1.58. The molecule has 1 aromatic heterocycles. The molecule has 0 fully saturated rings. The highest BCUT2D eigenvalue weighted by Crippen LogP contribution is 2.13. The first-order chi connectivity index (χ1) is 14.1. The molecule has 30 heavy (non-hydrogen) atoms. The van der Waals surface area contributed by atoms with Gasteiger partial charge in [-0.2, -0.15) is 0 Å². The van der Waals surface area contributed by atoms with Gasteiger partial charge in [-0.05, 0) is 42.6 Å². The molecule has 2 N–H and O–H groups in total. The van der Waals surface area contributed by atoms with E-state index in [0.29, 0.717) is 12.5 Å². The van der Waals surface area contributed by atoms with E-state index >= 15 is 0 Å². The molecular formula is C23H37IN4O2. The molecule has 7 heteroatoms. The minimum absolute atomic E-state index is 0. The SMILES string of the molecule is CN=C(NCCOCCC(C)C)NCc1ccccc1CN(C)Cc1ccco1.I. The summed E-state index contributed by atoms with van der Waals surface area (Å²) in [6, 6.07) is 12.4. The summed E-state index contributed by atoms with van der Waals surface area (Å²) in [5, 5.41) is 6.71. The fourth-order valence-corrected chi connectivity index (χ4v) is 2.96. The second-order valence-electron chi connectivity index (χ2n) is 7.67. The molecule has 2 rings (SSSR count). The largest absolute Gasteiger partial charge is 0.468 e. The second kappa shape index (κ2) is 15.3. The van der Waals surface area contributed by atoms with Gasteiger partial charge in [-0.1, -0.05) is 38.1 Å². The van der Waals surface area contributed by atoms with Gasteiger partial charge in [0.2, 0.25) is 0 Å². The molecule has 1 heterocycles. The van der Waals surface area contributed by atoms with Crippen molar-refractivity contribution in [3.05, 3.63) is 59.5 Å². The molecule has 0 bridgehead atoms. The predicted octanol–water partition coefficient (Wildman–Crippen LogP) is 4.26. The third-order valence-electron chi connectivity index (χ3n) is 4.61. The minimum atomic E-state index is 0. The van der Waals surface area contributed by atoms with Crippen LogP contribution in [-0.2, 0) is 24.4 Å². The Labute approximate surface area is 198 Å². The second-order valence-corrected chi connectivity index (χ2v) is 7.67. The van der Waals surface area contributed by atoms with E-state index in [2.05, 4.69) is 65.7 Å². The zero-order valence-electron chi connectivity index (χ0n) is 18.7. The maximum atomic E-state index is 5.65. The number of aliphatic imine (C=N–C) groups is 1. The lowest BCUT2D eigenvalue weighted by molar-refractivity contribution is 0.128. The van der Waals surface area contributed by atoms with E-state index in [-0.39, 0.29) is 24.0 Å². The van der Waals surface area contributed by atoms with Crippen LogP contribution >= 0.6 is 24.0 Å². The third kappa shape index (κ3) is 10.4. The molecule has 0 atom stereocenters. The summed E-state index contributed by atoms with van der Waals surface area (Å²) in [6.07, 6.45) is 2.81. The fraction of sp³-hybridized carbons (Fsp3) is 0.522. The molecule has 0 saturated heterocycles. The maximum Gasteiger partial charge on any atom is 0.191 e. The van der Waals surface area contributed by atoms with Crippen molar-refractivity contribution in [3.8, 4) is 0 Å². The van der Waals surface area contributed by atoms with Crippen molar-refractivity contribution >= 4 is 29.9 Å². The number of ether oxygens (including phenoxy) is 1. The van der Waals surface area contributed by atoms with Crippen LogP contribution in [-0.4, -0.2) is 44.7 Å². The van der Waals surface area contributed by atoms with Gasteiger partial charge >= 0.3 is 0 Å². The van der Waals surface area contributed by atoms with Crippen LogP contribution in [0.4, 0.5) is 0 Å². The van der Waals surface area contributed by atoms with Gasteiger partial charge in [-0.3, -0.25) is 9.89 Å². The Kier molecular flexibility index (Phi) is 13.5. The lowest BCUT2D eigenvalue weighted by Gasteiger charge is -2.19. The number of hydrogen-bond donors (Lipinski definition) is 2. The number of hydrogen-bond acceptors (Lipinski definition) is 4.